The number of nitrogens with one attached hydrogen (secondary N) is 1. The number of rotatable bonds is 6. The molecule has 0 amide bonds. The van der Waals surface area contributed by atoms with Gasteiger partial charge in [-0.15, -0.1) is 0 Å². The summed E-state index contributed by atoms with van der Waals surface area (Å²) in [5.74, 6) is 0.155. The third-order valence-electron chi connectivity index (χ3n) is 3.86. The summed E-state index contributed by atoms with van der Waals surface area (Å²) in [5.41, 5.74) is -0.0406. The molecule has 1 aromatic rings. The Morgan fingerprint density at radius 3 is 2.64 bits per heavy atom. The van der Waals surface area contributed by atoms with Gasteiger partial charge in [0.2, 0.25) is 5.82 Å². The molecule has 0 aromatic carbocycles. The predicted octanol–water partition coefficient (Wildman–Crippen LogP) is 3.30. The minimum Gasteiger partial charge on any atom is -0.415 e. The van der Waals surface area contributed by atoms with Crippen molar-refractivity contribution in [1.29, 1.82) is 5.26 Å². The van der Waals surface area contributed by atoms with Crippen LogP contribution in [-0.2, 0) is 4.43 Å². The van der Waals surface area contributed by atoms with E-state index in [1.54, 1.807) is 0 Å². The standard InChI is InChI=1S/C14H22N4O3Si/c1-14(2,3)22(4,5)21-7-6-16-13-12(18(19)20)8-11(9-15)10-17-13/h8,10H,6-7H2,1-5H3,(H,16,17). The summed E-state index contributed by atoms with van der Waals surface area (Å²) in [6.45, 7) is 11.6. The summed E-state index contributed by atoms with van der Waals surface area (Å²) >= 11 is 0. The van der Waals surface area contributed by atoms with E-state index in [4.69, 9.17) is 9.69 Å². The first-order valence-corrected chi connectivity index (χ1v) is 9.91. The van der Waals surface area contributed by atoms with Gasteiger partial charge < -0.3 is 9.74 Å². The van der Waals surface area contributed by atoms with Crippen LogP contribution >= 0.6 is 0 Å². The second-order valence-electron chi connectivity index (χ2n) is 6.50. The van der Waals surface area contributed by atoms with Crippen LogP contribution in [-0.4, -0.2) is 31.4 Å². The topological polar surface area (TPSA) is 101 Å². The first kappa shape index (κ1) is 18.1. The largest absolute Gasteiger partial charge is 0.415 e. The molecule has 120 valence electrons. The van der Waals surface area contributed by atoms with Gasteiger partial charge in [0.05, 0.1) is 17.1 Å². The molecule has 7 nitrogen and oxygen atoms in total. The summed E-state index contributed by atoms with van der Waals surface area (Å²) in [7, 11) is -1.83. The highest BCUT2D eigenvalue weighted by Gasteiger charge is 2.36. The van der Waals surface area contributed by atoms with Crippen molar-refractivity contribution in [2.24, 2.45) is 0 Å². The summed E-state index contributed by atoms with van der Waals surface area (Å²) < 4.78 is 5.99. The predicted molar refractivity (Wildman–Crippen MR) is 87.2 cm³/mol. The van der Waals surface area contributed by atoms with Gasteiger partial charge in [0, 0.05) is 18.8 Å². The molecular weight excluding hydrogens is 300 g/mol. The van der Waals surface area contributed by atoms with E-state index in [2.05, 4.69) is 44.2 Å². The number of anilines is 1. The van der Waals surface area contributed by atoms with Crippen molar-refractivity contribution in [3.63, 3.8) is 0 Å². The van der Waals surface area contributed by atoms with E-state index in [1.165, 1.54) is 12.3 Å². The Labute approximate surface area is 131 Å². The Balaban J connectivity index is 2.67. The molecule has 0 spiro atoms. The van der Waals surface area contributed by atoms with Crippen molar-refractivity contribution >= 4 is 19.8 Å². The Kier molecular flexibility index (Phi) is 5.63. The maximum absolute atomic E-state index is 11.0. The molecule has 1 heterocycles. The minimum absolute atomic E-state index is 0.117. The van der Waals surface area contributed by atoms with Crippen LogP contribution in [0.5, 0.6) is 0 Å². The van der Waals surface area contributed by atoms with Crippen molar-refractivity contribution in [1.82, 2.24) is 4.98 Å². The average molecular weight is 322 g/mol. The van der Waals surface area contributed by atoms with Gasteiger partial charge >= 0.3 is 5.69 Å². The molecule has 1 N–H and O–H groups in total. The average Bonchev–Trinajstić information content (AvgIpc) is 2.42. The van der Waals surface area contributed by atoms with E-state index in [0.717, 1.165) is 0 Å². The highest BCUT2D eigenvalue weighted by molar-refractivity contribution is 6.74. The Bertz CT molecular complexity index is 591. The SMILES string of the molecule is CC(C)(C)[Si](C)(C)OCCNc1ncc(C#N)cc1[N+](=O)[O-]. The van der Waals surface area contributed by atoms with Crippen LogP contribution in [0.1, 0.15) is 26.3 Å². The number of nitriles is 1. The van der Waals surface area contributed by atoms with E-state index in [9.17, 15) is 10.1 Å². The van der Waals surface area contributed by atoms with Gasteiger partial charge in [0.1, 0.15) is 6.07 Å². The number of pyridine rings is 1. The smallest absolute Gasteiger partial charge is 0.312 e. The number of aromatic nitrogens is 1. The first-order chi connectivity index (χ1) is 10.1. The zero-order valence-electron chi connectivity index (χ0n) is 13.6. The normalized spacial score (nSPS) is 11.8. The molecular formula is C14H22N4O3Si. The van der Waals surface area contributed by atoms with E-state index in [0.29, 0.717) is 13.2 Å². The molecule has 0 aliphatic carbocycles. The fourth-order valence-corrected chi connectivity index (χ4v) is 2.53. The van der Waals surface area contributed by atoms with Crippen molar-refractivity contribution in [2.45, 2.75) is 38.9 Å². The highest BCUT2D eigenvalue weighted by atomic mass is 28.4. The van der Waals surface area contributed by atoms with Crippen molar-refractivity contribution in [2.75, 3.05) is 18.5 Å². The van der Waals surface area contributed by atoms with Crippen LogP contribution in [0.2, 0.25) is 18.1 Å². The molecule has 1 rings (SSSR count). The highest BCUT2D eigenvalue weighted by Crippen LogP contribution is 2.36. The zero-order valence-corrected chi connectivity index (χ0v) is 14.6. The lowest BCUT2D eigenvalue weighted by atomic mass is 10.2. The Morgan fingerprint density at radius 1 is 1.50 bits per heavy atom. The van der Waals surface area contributed by atoms with E-state index >= 15 is 0 Å². The van der Waals surface area contributed by atoms with Gasteiger partial charge in [-0.2, -0.15) is 5.26 Å². The minimum atomic E-state index is -1.83. The molecule has 8 heteroatoms. The summed E-state index contributed by atoms with van der Waals surface area (Å²) in [6.07, 6.45) is 1.31. The number of hydrogen-bond donors (Lipinski definition) is 1. The number of nitrogens with zero attached hydrogens (tertiary/aromatic N) is 3. The number of hydrogen-bond acceptors (Lipinski definition) is 6. The number of nitro groups is 1. The second-order valence-corrected chi connectivity index (χ2v) is 11.3. The monoisotopic (exact) mass is 322 g/mol. The molecule has 22 heavy (non-hydrogen) atoms. The molecule has 0 aliphatic heterocycles. The zero-order chi connectivity index (χ0) is 17.0. The summed E-state index contributed by atoms with van der Waals surface area (Å²) in [4.78, 5) is 14.4. The fraction of sp³-hybridized carbons (Fsp3) is 0.571. The van der Waals surface area contributed by atoms with Gasteiger partial charge in [-0.1, -0.05) is 20.8 Å². The Hall–Kier alpha value is -1.98. The van der Waals surface area contributed by atoms with E-state index in [1.807, 2.05) is 6.07 Å². The van der Waals surface area contributed by atoms with E-state index < -0.39 is 13.2 Å². The third kappa shape index (κ3) is 4.51. The van der Waals surface area contributed by atoms with Gasteiger partial charge in [-0.05, 0) is 18.1 Å². The van der Waals surface area contributed by atoms with E-state index in [-0.39, 0.29) is 22.1 Å². The lowest BCUT2D eigenvalue weighted by molar-refractivity contribution is -0.384. The molecule has 0 radical (unpaired) electrons. The second kappa shape index (κ2) is 6.85. The molecule has 0 unspecified atom stereocenters. The molecule has 0 atom stereocenters. The van der Waals surface area contributed by atoms with Crippen LogP contribution < -0.4 is 5.32 Å². The van der Waals surface area contributed by atoms with Crippen LogP contribution in [0.25, 0.3) is 0 Å². The molecule has 0 bridgehead atoms. The van der Waals surface area contributed by atoms with Crippen LogP contribution in [0.4, 0.5) is 11.5 Å². The van der Waals surface area contributed by atoms with Crippen molar-refractivity contribution in [3.8, 4) is 6.07 Å². The maximum Gasteiger partial charge on any atom is 0.312 e. The maximum atomic E-state index is 11.0. The van der Waals surface area contributed by atoms with Crippen LogP contribution in [0.3, 0.4) is 0 Å². The van der Waals surface area contributed by atoms with Gasteiger partial charge in [-0.3, -0.25) is 10.1 Å². The molecule has 0 saturated carbocycles. The molecule has 0 fully saturated rings. The van der Waals surface area contributed by atoms with Gasteiger partial charge in [0.15, 0.2) is 8.32 Å². The summed E-state index contributed by atoms with van der Waals surface area (Å²) in [6, 6.07) is 3.05. The van der Waals surface area contributed by atoms with Gasteiger partial charge in [0.25, 0.3) is 0 Å². The Morgan fingerprint density at radius 2 is 2.14 bits per heavy atom. The van der Waals surface area contributed by atoms with Crippen molar-refractivity contribution < 1.29 is 9.35 Å². The lowest BCUT2D eigenvalue weighted by Gasteiger charge is -2.36. The van der Waals surface area contributed by atoms with Crippen LogP contribution in [0.15, 0.2) is 12.3 Å². The fourth-order valence-electron chi connectivity index (χ4n) is 1.48. The third-order valence-corrected chi connectivity index (χ3v) is 8.40. The summed E-state index contributed by atoms with van der Waals surface area (Å²) in [5, 5.41) is 22.8. The van der Waals surface area contributed by atoms with Crippen LogP contribution in [0, 0.1) is 21.4 Å². The molecule has 0 aliphatic rings. The molecule has 0 saturated heterocycles. The first-order valence-electron chi connectivity index (χ1n) is 7.01. The molecule has 1 aromatic heterocycles. The quantitative estimate of drug-likeness (QED) is 0.373. The van der Waals surface area contributed by atoms with Gasteiger partial charge in [-0.25, -0.2) is 4.98 Å². The lowest BCUT2D eigenvalue weighted by Crippen LogP contribution is -2.41. The van der Waals surface area contributed by atoms with Crippen molar-refractivity contribution in [3.05, 3.63) is 27.9 Å².